The fourth-order valence-electron chi connectivity index (χ4n) is 1.17. The minimum absolute atomic E-state index is 0.336. The van der Waals surface area contributed by atoms with E-state index in [9.17, 15) is 14.4 Å². The van der Waals surface area contributed by atoms with Crippen LogP contribution in [0.25, 0.3) is 0 Å². The van der Waals surface area contributed by atoms with Crippen LogP contribution in [-0.2, 0) is 25.7 Å². The summed E-state index contributed by atoms with van der Waals surface area (Å²) in [4.78, 5) is 32.4. The molecule has 0 aliphatic heterocycles. The molecular formula is C13H13NO5. The van der Waals surface area contributed by atoms with Crippen LogP contribution in [0.4, 0.5) is 0 Å². The number of carbonyl (C=O) groups excluding carboxylic acids is 2. The third kappa shape index (κ3) is 6.62. The number of benzene rings is 1. The van der Waals surface area contributed by atoms with Crippen molar-refractivity contribution in [3.05, 3.63) is 48.0 Å². The van der Waals surface area contributed by atoms with Gasteiger partial charge in [0.15, 0.2) is 6.61 Å². The number of hydrogen-bond donors (Lipinski definition) is 2. The second kappa shape index (κ2) is 7.65. The van der Waals surface area contributed by atoms with Crippen LogP contribution in [0.2, 0.25) is 0 Å². The Morgan fingerprint density at radius 3 is 2.47 bits per heavy atom. The summed E-state index contributed by atoms with van der Waals surface area (Å²) in [6.07, 6.45) is 1.39. The average molecular weight is 263 g/mol. The van der Waals surface area contributed by atoms with Crippen LogP contribution < -0.4 is 5.32 Å². The van der Waals surface area contributed by atoms with Crippen molar-refractivity contribution in [3.63, 3.8) is 0 Å². The predicted octanol–water partition coefficient (Wildman–Crippen LogP) is 0.487. The van der Waals surface area contributed by atoms with Gasteiger partial charge in [0.1, 0.15) is 0 Å². The number of hydrogen-bond acceptors (Lipinski definition) is 4. The molecule has 6 heteroatoms. The first-order chi connectivity index (χ1) is 9.08. The van der Waals surface area contributed by atoms with Crippen LogP contribution in [0.1, 0.15) is 5.56 Å². The van der Waals surface area contributed by atoms with Crippen molar-refractivity contribution in [2.24, 2.45) is 0 Å². The number of amides is 1. The summed E-state index contributed by atoms with van der Waals surface area (Å²) >= 11 is 0. The molecule has 6 nitrogen and oxygen atoms in total. The van der Waals surface area contributed by atoms with Gasteiger partial charge in [-0.25, -0.2) is 9.59 Å². The van der Waals surface area contributed by atoms with E-state index in [1.54, 1.807) is 0 Å². The smallest absolute Gasteiger partial charge is 0.331 e. The first-order valence-electron chi connectivity index (χ1n) is 5.46. The van der Waals surface area contributed by atoms with Crippen LogP contribution in [0, 0.1) is 0 Å². The average Bonchev–Trinajstić information content (AvgIpc) is 2.41. The summed E-state index contributed by atoms with van der Waals surface area (Å²) in [7, 11) is 0. The quantitative estimate of drug-likeness (QED) is 0.575. The van der Waals surface area contributed by atoms with Gasteiger partial charge in [-0.15, -0.1) is 0 Å². The molecule has 0 saturated heterocycles. The summed E-state index contributed by atoms with van der Waals surface area (Å²) in [5, 5.41) is 10.8. The van der Waals surface area contributed by atoms with Crippen LogP contribution in [-0.4, -0.2) is 29.6 Å². The molecule has 0 bridgehead atoms. The number of nitrogens with one attached hydrogen (secondary N) is 1. The molecule has 1 aromatic carbocycles. The molecule has 0 spiro atoms. The molecule has 0 radical (unpaired) electrons. The van der Waals surface area contributed by atoms with Crippen molar-refractivity contribution < 1.29 is 24.2 Å². The third-order valence-corrected chi connectivity index (χ3v) is 2.04. The Morgan fingerprint density at radius 2 is 1.84 bits per heavy atom. The van der Waals surface area contributed by atoms with Gasteiger partial charge in [-0.05, 0) is 5.56 Å². The van der Waals surface area contributed by atoms with Crippen molar-refractivity contribution in [1.82, 2.24) is 5.32 Å². The van der Waals surface area contributed by atoms with Gasteiger partial charge >= 0.3 is 11.9 Å². The molecular weight excluding hydrogens is 250 g/mol. The molecule has 0 fully saturated rings. The lowest BCUT2D eigenvalue weighted by Gasteiger charge is -2.05. The Morgan fingerprint density at radius 1 is 1.16 bits per heavy atom. The summed E-state index contributed by atoms with van der Waals surface area (Å²) < 4.78 is 4.54. The maximum Gasteiger partial charge on any atom is 0.331 e. The van der Waals surface area contributed by atoms with Gasteiger partial charge < -0.3 is 15.2 Å². The maximum absolute atomic E-state index is 11.3. The Labute approximate surface area is 109 Å². The predicted molar refractivity (Wildman–Crippen MR) is 66.0 cm³/mol. The number of aliphatic carboxylic acids is 1. The molecule has 1 rings (SSSR count). The molecule has 0 atom stereocenters. The Balaban J connectivity index is 2.25. The number of rotatable bonds is 6. The van der Waals surface area contributed by atoms with E-state index < -0.39 is 24.5 Å². The second-order valence-corrected chi connectivity index (χ2v) is 3.54. The Bertz CT molecular complexity index is 481. The molecule has 0 saturated carbocycles. The molecule has 0 unspecified atom stereocenters. The topological polar surface area (TPSA) is 92.7 Å². The fraction of sp³-hybridized carbons (Fsp3) is 0.154. The number of carboxylic acid groups (broad SMARTS) is 1. The SMILES string of the molecule is O=C(O)C=CC(=O)OCC(=O)NCc1ccccc1. The van der Waals surface area contributed by atoms with Crippen LogP contribution in [0.5, 0.6) is 0 Å². The summed E-state index contributed by atoms with van der Waals surface area (Å²) in [6.45, 7) is -0.113. The van der Waals surface area contributed by atoms with Crippen molar-refractivity contribution >= 4 is 17.8 Å². The molecule has 1 amide bonds. The molecule has 1 aromatic rings. The first kappa shape index (κ1) is 14.4. The number of ether oxygens (including phenoxy) is 1. The number of carboxylic acids is 1. The van der Waals surface area contributed by atoms with Gasteiger partial charge in [0.05, 0.1) is 0 Å². The zero-order chi connectivity index (χ0) is 14.1. The van der Waals surface area contributed by atoms with Crippen molar-refractivity contribution in [1.29, 1.82) is 0 Å². The minimum atomic E-state index is -1.26. The largest absolute Gasteiger partial charge is 0.478 e. The van der Waals surface area contributed by atoms with E-state index in [1.165, 1.54) is 0 Å². The van der Waals surface area contributed by atoms with E-state index in [1.807, 2.05) is 30.3 Å². The highest BCUT2D eigenvalue weighted by Gasteiger charge is 2.05. The highest BCUT2D eigenvalue weighted by Crippen LogP contribution is 1.96. The number of esters is 1. The highest BCUT2D eigenvalue weighted by molar-refractivity contribution is 5.91. The van der Waals surface area contributed by atoms with E-state index in [0.717, 1.165) is 11.6 Å². The standard InChI is InChI=1S/C13H13NO5/c15-11(9-19-13(18)7-6-12(16)17)14-8-10-4-2-1-3-5-10/h1-7H,8-9H2,(H,14,15)(H,16,17). The second-order valence-electron chi connectivity index (χ2n) is 3.54. The molecule has 0 aliphatic carbocycles. The lowest BCUT2D eigenvalue weighted by atomic mass is 10.2. The lowest BCUT2D eigenvalue weighted by molar-refractivity contribution is -0.144. The van der Waals surface area contributed by atoms with Crippen molar-refractivity contribution in [3.8, 4) is 0 Å². The minimum Gasteiger partial charge on any atom is -0.478 e. The first-order valence-corrected chi connectivity index (χ1v) is 5.46. The van der Waals surface area contributed by atoms with Crippen LogP contribution >= 0.6 is 0 Å². The lowest BCUT2D eigenvalue weighted by Crippen LogP contribution is -2.28. The van der Waals surface area contributed by atoms with Gasteiger partial charge in [-0.3, -0.25) is 4.79 Å². The summed E-state index contributed by atoms with van der Waals surface area (Å²) in [5.41, 5.74) is 0.924. The Hall–Kier alpha value is -2.63. The zero-order valence-electron chi connectivity index (χ0n) is 10.0. The zero-order valence-corrected chi connectivity index (χ0v) is 10.0. The van der Waals surface area contributed by atoms with Gasteiger partial charge in [0.25, 0.3) is 5.91 Å². The monoisotopic (exact) mass is 263 g/mol. The van der Waals surface area contributed by atoms with E-state index >= 15 is 0 Å². The molecule has 0 aliphatic rings. The highest BCUT2D eigenvalue weighted by atomic mass is 16.5. The van der Waals surface area contributed by atoms with E-state index in [2.05, 4.69) is 10.1 Å². The fourth-order valence-corrected chi connectivity index (χ4v) is 1.17. The molecule has 0 heterocycles. The summed E-state index contributed by atoms with van der Waals surface area (Å²) in [5.74, 6) is -2.59. The van der Waals surface area contributed by atoms with Gasteiger partial charge in [0.2, 0.25) is 0 Å². The van der Waals surface area contributed by atoms with E-state index in [0.29, 0.717) is 12.6 Å². The molecule has 19 heavy (non-hydrogen) atoms. The third-order valence-electron chi connectivity index (χ3n) is 2.04. The van der Waals surface area contributed by atoms with Crippen LogP contribution in [0.15, 0.2) is 42.5 Å². The molecule has 100 valence electrons. The number of carbonyl (C=O) groups is 3. The Kier molecular flexibility index (Phi) is 5.81. The van der Waals surface area contributed by atoms with E-state index in [4.69, 9.17) is 5.11 Å². The van der Waals surface area contributed by atoms with Gasteiger partial charge in [-0.2, -0.15) is 0 Å². The molecule has 0 aromatic heterocycles. The molecule has 2 N–H and O–H groups in total. The van der Waals surface area contributed by atoms with Gasteiger partial charge in [-0.1, -0.05) is 30.3 Å². The maximum atomic E-state index is 11.3. The van der Waals surface area contributed by atoms with Crippen LogP contribution in [0.3, 0.4) is 0 Å². The van der Waals surface area contributed by atoms with Gasteiger partial charge in [0, 0.05) is 18.7 Å². The van der Waals surface area contributed by atoms with E-state index in [-0.39, 0.29) is 0 Å². The normalized spacial score (nSPS) is 10.1. The van der Waals surface area contributed by atoms with Crippen molar-refractivity contribution in [2.75, 3.05) is 6.61 Å². The van der Waals surface area contributed by atoms with Crippen molar-refractivity contribution in [2.45, 2.75) is 6.54 Å². The summed E-state index contributed by atoms with van der Waals surface area (Å²) in [6, 6.07) is 9.25.